The molecule has 1 aromatic carbocycles. The third kappa shape index (κ3) is 3.16. The molecule has 2 rings (SSSR count). The molecule has 0 spiro atoms. The van der Waals surface area contributed by atoms with Gasteiger partial charge in [0, 0.05) is 22.5 Å². The first-order valence-electron chi connectivity index (χ1n) is 6.02. The van der Waals surface area contributed by atoms with Crippen LogP contribution in [0.25, 0.3) is 0 Å². The highest BCUT2D eigenvalue weighted by Crippen LogP contribution is 2.36. The highest BCUT2D eigenvalue weighted by Gasteiger charge is 2.20. The van der Waals surface area contributed by atoms with Crippen LogP contribution in [0.5, 0.6) is 5.88 Å². The van der Waals surface area contributed by atoms with Crippen LogP contribution in [0, 0.1) is 6.92 Å². The topological polar surface area (TPSA) is 61.0 Å². The molecule has 2 aromatic rings. The van der Waals surface area contributed by atoms with E-state index in [2.05, 4.69) is 9.97 Å². The summed E-state index contributed by atoms with van der Waals surface area (Å²) in [5, 5.41) is 0.565. The molecule has 20 heavy (non-hydrogen) atoms. The fourth-order valence-corrected chi connectivity index (χ4v) is 2.90. The van der Waals surface area contributed by atoms with Crippen molar-refractivity contribution in [3.8, 4) is 5.88 Å². The van der Waals surface area contributed by atoms with Crippen molar-refractivity contribution >= 4 is 29.1 Å². The van der Waals surface area contributed by atoms with Crippen LogP contribution in [0.2, 0.25) is 5.02 Å². The number of thioether (sulfide) groups is 1. The van der Waals surface area contributed by atoms with Gasteiger partial charge in [0.1, 0.15) is 5.82 Å². The summed E-state index contributed by atoms with van der Waals surface area (Å²) >= 11 is 7.57. The average Bonchev–Trinajstić information content (AvgIpc) is 2.41. The number of halogens is 1. The predicted octanol–water partition coefficient (Wildman–Crippen LogP) is 3.48. The summed E-state index contributed by atoms with van der Waals surface area (Å²) in [5.41, 5.74) is 8.51. The predicted molar refractivity (Wildman–Crippen MR) is 84.5 cm³/mol. The van der Waals surface area contributed by atoms with Crippen molar-refractivity contribution in [3.63, 3.8) is 0 Å². The van der Waals surface area contributed by atoms with E-state index >= 15 is 0 Å². The molecule has 0 amide bonds. The first-order chi connectivity index (χ1) is 9.55. The third-order valence-corrected chi connectivity index (χ3v) is 4.03. The lowest BCUT2D eigenvalue weighted by Gasteiger charge is -2.17. The normalized spacial score (nSPS) is 12.2. The van der Waals surface area contributed by atoms with Crippen molar-refractivity contribution in [2.75, 3.05) is 19.1 Å². The first kappa shape index (κ1) is 14.9. The first-order valence-corrected chi connectivity index (χ1v) is 7.69. The molecule has 0 saturated heterocycles. The fraction of sp³-hybridized carbons (Fsp3) is 0.286. The van der Waals surface area contributed by atoms with Crippen molar-refractivity contribution in [3.05, 3.63) is 46.4 Å². The standard InChI is InChI=1S/C14H16ClN3OS/c1-8-6-12(19-2)18-14(17-8)13(20-3)10-5-4-9(15)7-11(10)16/h4-7,13H,16H2,1-3H3. The molecule has 6 heteroatoms. The van der Waals surface area contributed by atoms with E-state index in [1.54, 1.807) is 31.0 Å². The summed E-state index contributed by atoms with van der Waals surface area (Å²) in [7, 11) is 1.59. The van der Waals surface area contributed by atoms with Crippen LogP contribution < -0.4 is 10.5 Å². The Bertz CT molecular complexity index is 621. The van der Waals surface area contributed by atoms with Crippen molar-refractivity contribution in [1.29, 1.82) is 0 Å². The molecule has 0 saturated carbocycles. The van der Waals surface area contributed by atoms with E-state index in [4.69, 9.17) is 22.1 Å². The second-order valence-electron chi connectivity index (χ2n) is 4.30. The van der Waals surface area contributed by atoms with Gasteiger partial charge in [-0.25, -0.2) is 4.98 Å². The number of aryl methyl sites for hydroxylation is 1. The highest BCUT2D eigenvalue weighted by molar-refractivity contribution is 7.99. The number of nitrogen functional groups attached to an aromatic ring is 1. The van der Waals surface area contributed by atoms with Gasteiger partial charge in [-0.05, 0) is 30.9 Å². The zero-order valence-electron chi connectivity index (χ0n) is 11.6. The van der Waals surface area contributed by atoms with Gasteiger partial charge >= 0.3 is 0 Å². The molecule has 0 aliphatic heterocycles. The van der Waals surface area contributed by atoms with Gasteiger partial charge in [0.2, 0.25) is 5.88 Å². The Hall–Kier alpha value is -1.46. The van der Waals surface area contributed by atoms with Gasteiger partial charge in [0.05, 0.1) is 12.4 Å². The number of hydrogen-bond acceptors (Lipinski definition) is 5. The Kier molecular flexibility index (Phi) is 4.73. The minimum atomic E-state index is -0.0546. The van der Waals surface area contributed by atoms with Crippen LogP contribution >= 0.6 is 23.4 Å². The number of ether oxygens (including phenoxy) is 1. The van der Waals surface area contributed by atoms with E-state index in [-0.39, 0.29) is 5.25 Å². The smallest absolute Gasteiger partial charge is 0.216 e. The summed E-state index contributed by atoms with van der Waals surface area (Å²) in [6.45, 7) is 1.91. The number of methoxy groups -OCH3 is 1. The Morgan fingerprint density at radius 3 is 2.65 bits per heavy atom. The molecule has 4 nitrogen and oxygen atoms in total. The Labute approximate surface area is 127 Å². The molecule has 106 valence electrons. The monoisotopic (exact) mass is 309 g/mol. The quantitative estimate of drug-likeness (QED) is 0.876. The lowest BCUT2D eigenvalue weighted by Crippen LogP contribution is -2.07. The molecule has 0 bridgehead atoms. The second-order valence-corrected chi connectivity index (χ2v) is 5.68. The van der Waals surface area contributed by atoms with Crippen molar-refractivity contribution in [2.45, 2.75) is 12.2 Å². The number of benzene rings is 1. The van der Waals surface area contributed by atoms with Gasteiger partial charge in [-0.3, -0.25) is 0 Å². The van der Waals surface area contributed by atoms with E-state index in [1.807, 2.05) is 25.3 Å². The summed E-state index contributed by atoms with van der Waals surface area (Å²) in [5.74, 6) is 1.24. The largest absolute Gasteiger partial charge is 0.481 e. The van der Waals surface area contributed by atoms with Gasteiger partial charge in [0.25, 0.3) is 0 Å². The molecule has 0 radical (unpaired) electrons. The number of rotatable bonds is 4. The lowest BCUT2D eigenvalue weighted by atomic mass is 10.1. The molecule has 1 heterocycles. The summed E-state index contributed by atoms with van der Waals surface area (Å²) in [6.07, 6.45) is 2.00. The van der Waals surface area contributed by atoms with Crippen molar-refractivity contribution in [2.24, 2.45) is 0 Å². The van der Waals surface area contributed by atoms with E-state index in [1.165, 1.54) is 0 Å². The molecule has 0 aliphatic rings. The van der Waals surface area contributed by atoms with Crippen LogP contribution in [0.4, 0.5) is 5.69 Å². The minimum absolute atomic E-state index is 0.0546. The molecule has 1 aromatic heterocycles. The zero-order chi connectivity index (χ0) is 14.7. The van der Waals surface area contributed by atoms with Crippen LogP contribution in [-0.4, -0.2) is 23.3 Å². The molecule has 1 unspecified atom stereocenters. The summed E-state index contributed by atoms with van der Waals surface area (Å²) < 4.78 is 5.20. The molecular formula is C14H16ClN3OS. The molecule has 1 atom stereocenters. The SMILES string of the molecule is COc1cc(C)nc(C(SC)c2ccc(Cl)cc2N)n1. The van der Waals surface area contributed by atoms with Crippen LogP contribution in [-0.2, 0) is 0 Å². The number of hydrogen-bond donors (Lipinski definition) is 1. The summed E-state index contributed by atoms with van der Waals surface area (Å²) in [4.78, 5) is 8.91. The number of anilines is 1. The van der Waals surface area contributed by atoms with Gasteiger partial charge in [-0.15, -0.1) is 11.8 Å². The minimum Gasteiger partial charge on any atom is -0.481 e. The fourth-order valence-electron chi connectivity index (χ4n) is 1.94. The van der Waals surface area contributed by atoms with Gasteiger partial charge in [0.15, 0.2) is 0 Å². The highest BCUT2D eigenvalue weighted by atomic mass is 35.5. The molecule has 0 fully saturated rings. The number of aromatic nitrogens is 2. The molecule has 0 aliphatic carbocycles. The molecular weight excluding hydrogens is 294 g/mol. The maximum absolute atomic E-state index is 6.06. The van der Waals surface area contributed by atoms with Crippen LogP contribution in [0.1, 0.15) is 22.3 Å². The summed E-state index contributed by atoms with van der Waals surface area (Å²) in [6, 6.07) is 7.28. The van der Waals surface area contributed by atoms with Gasteiger partial charge < -0.3 is 10.5 Å². The molecule has 2 N–H and O–H groups in total. The Morgan fingerprint density at radius 2 is 2.05 bits per heavy atom. The Balaban J connectivity index is 2.49. The van der Waals surface area contributed by atoms with Crippen LogP contribution in [0.3, 0.4) is 0 Å². The second kappa shape index (κ2) is 6.33. The lowest BCUT2D eigenvalue weighted by molar-refractivity contribution is 0.394. The number of nitrogens with two attached hydrogens (primary N) is 1. The third-order valence-electron chi connectivity index (χ3n) is 2.86. The van der Waals surface area contributed by atoms with E-state index in [0.717, 1.165) is 11.3 Å². The average molecular weight is 310 g/mol. The van der Waals surface area contributed by atoms with Gasteiger partial charge in [-0.2, -0.15) is 4.98 Å². The Morgan fingerprint density at radius 1 is 1.30 bits per heavy atom. The van der Waals surface area contributed by atoms with Gasteiger partial charge in [-0.1, -0.05) is 17.7 Å². The van der Waals surface area contributed by atoms with E-state index < -0.39 is 0 Å². The van der Waals surface area contributed by atoms with E-state index in [9.17, 15) is 0 Å². The maximum Gasteiger partial charge on any atom is 0.216 e. The van der Waals surface area contributed by atoms with Crippen LogP contribution in [0.15, 0.2) is 24.3 Å². The number of nitrogens with zero attached hydrogens (tertiary/aromatic N) is 2. The zero-order valence-corrected chi connectivity index (χ0v) is 13.1. The van der Waals surface area contributed by atoms with Crippen molar-refractivity contribution in [1.82, 2.24) is 9.97 Å². The van der Waals surface area contributed by atoms with E-state index in [0.29, 0.717) is 22.4 Å². The maximum atomic E-state index is 6.06. The van der Waals surface area contributed by atoms with Crippen molar-refractivity contribution < 1.29 is 4.74 Å².